The first-order valence-electron chi connectivity index (χ1n) is 11.0. The molecule has 1 unspecified atom stereocenters. The number of carbonyl (C=O) groups excluding carboxylic acids is 3. The molecule has 8 heteroatoms. The van der Waals surface area contributed by atoms with Gasteiger partial charge in [0.25, 0.3) is 0 Å². The van der Waals surface area contributed by atoms with E-state index in [1.54, 1.807) is 23.1 Å². The Balaban J connectivity index is 1.73. The van der Waals surface area contributed by atoms with Crippen molar-refractivity contribution < 1.29 is 19.5 Å². The van der Waals surface area contributed by atoms with E-state index in [4.69, 9.17) is 11.6 Å². The number of nitrogens with zero attached hydrogens (tertiary/aromatic N) is 1. The van der Waals surface area contributed by atoms with Gasteiger partial charge in [-0.05, 0) is 36.1 Å². The Kier molecular flexibility index (Phi) is 7.00. The number of likely N-dealkylation sites (tertiary alicyclic amines) is 1. The first kappa shape index (κ1) is 24.3. The van der Waals surface area contributed by atoms with Crippen LogP contribution < -0.4 is 10.6 Å². The van der Waals surface area contributed by atoms with Gasteiger partial charge in [0.15, 0.2) is 0 Å². The molecule has 3 N–H and O–H groups in total. The highest BCUT2D eigenvalue weighted by Gasteiger charge is 2.50. The number of piperidine rings is 1. The highest BCUT2D eigenvalue weighted by molar-refractivity contribution is 6.30. The molecule has 2 heterocycles. The molecule has 3 amide bonds. The molecule has 1 aromatic carbocycles. The second-order valence-corrected chi connectivity index (χ2v) is 10.1. The van der Waals surface area contributed by atoms with Crippen molar-refractivity contribution in [3.8, 4) is 0 Å². The largest absolute Gasteiger partial charge is 0.384 e. The molecule has 0 saturated carbocycles. The van der Waals surface area contributed by atoms with Crippen molar-refractivity contribution in [3.63, 3.8) is 0 Å². The Morgan fingerprint density at radius 3 is 2.44 bits per heavy atom. The van der Waals surface area contributed by atoms with Crippen LogP contribution in [0.5, 0.6) is 0 Å². The predicted octanol–water partition coefficient (Wildman–Crippen LogP) is 2.23. The lowest BCUT2D eigenvalue weighted by Crippen LogP contribution is -2.61. The number of nitrogens with one attached hydrogen (secondary N) is 2. The molecule has 174 valence electrons. The molecule has 3 rings (SSSR count). The van der Waals surface area contributed by atoms with Crippen molar-refractivity contribution in [2.24, 2.45) is 17.3 Å². The van der Waals surface area contributed by atoms with E-state index in [-0.39, 0.29) is 30.2 Å². The van der Waals surface area contributed by atoms with Crippen molar-refractivity contribution in [2.45, 2.75) is 45.8 Å². The number of amides is 3. The van der Waals surface area contributed by atoms with Gasteiger partial charge >= 0.3 is 0 Å². The van der Waals surface area contributed by atoms with Gasteiger partial charge in [-0.1, -0.05) is 57.5 Å². The highest BCUT2D eigenvalue weighted by atomic mass is 35.5. The van der Waals surface area contributed by atoms with E-state index in [0.29, 0.717) is 24.5 Å². The van der Waals surface area contributed by atoms with Crippen LogP contribution in [0.2, 0.25) is 5.02 Å². The molecule has 2 aliphatic rings. The quantitative estimate of drug-likeness (QED) is 0.626. The Morgan fingerprint density at radius 2 is 1.91 bits per heavy atom. The first-order chi connectivity index (χ1) is 14.9. The molecule has 0 aromatic heterocycles. The molecule has 1 saturated heterocycles. The van der Waals surface area contributed by atoms with Crippen molar-refractivity contribution in [1.29, 1.82) is 0 Å². The summed E-state index contributed by atoms with van der Waals surface area (Å²) in [4.78, 5) is 39.2. The third kappa shape index (κ3) is 4.84. The predicted molar refractivity (Wildman–Crippen MR) is 123 cm³/mol. The molecule has 1 aromatic rings. The van der Waals surface area contributed by atoms with Gasteiger partial charge in [0.2, 0.25) is 17.7 Å². The van der Waals surface area contributed by atoms with Gasteiger partial charge in [0.05, 0.1) is 11.5 Å². The van der Waals surface area contributed by atoms with Crippen LogP contribution >= 0.6 is 11.6 Å². The Hall–Kier alpha value is -2.38. The Labute approximate surface area is 194 Å². The van der Waals surface area contributed by atoms with Gasteiger partial charge < -0.3 is 20.6 Å². The zero-order valence-electron chi connectivity index (χ0n) is 19.0. The van der Waals surface area contributed by atoms with Crippen molar-refractivity contribution in [1.82, 2.24) is 15.5 Å². The summed E-state index contributed by atoms with van der Waals surface area (Å²) < 4.78 is 0. The summed E-state index contributed by atoms with van der Waals surface area (Å²) in [5.74, 6) is -1.30. The first-order valence-corrected chi connectivity index (χ1v) is 11.4. The average molecular weight is 462 g/mol. The zero-order chi connectivity index (χ0) is 23.7. The molecular weight excluding hydrogens is 430 g/mol. The van der Waals surface area contributed by atoms with Gasteiger partial charge in [-0.2, -0.15) is 0 Å². The summed E-state index contributed by atoms with van der Waals surface area (Å²) in [6, 6.07) is 6.49. The number of aliphatic hydroxyl groups is 1. The summed E-state index contributed by atoms with van der Waals surface area (Å²) >= 11 is 6.01. The summed E-state index contributed by atoms with van der Waals surface area (Å²) in [7, 11) is 0. The standard InChI is InChI=1S/C24H32ClN3O4/c1-15(2)20(27-21(30)16-5-10-19(29)26-13-16)22(31)28-12-11-24(32,23(3,4)14-28)17-6-8-18(25)9-7-17/h5-10,15-16,20,32H,11-14H2,1-4H3,(H,26,29)(H,27,30)/t16?,20-,24+/m1/s1. The van der Waals surface area contributed by atoms with Crippen LogP contribution in [0.1, 0.15) is 39.7 Å². The lowest BCUT2D eigenvalue weighted by molar-refractivity contribution is -0.157. The van der Waals surface area contributed by atoms with E-state index in [1.165, 1.54) is 6.08 Å². The third-order valence-electron chi connectivity index (χ3n) is 6.63. The normalized spacial score (nSPS) is 25.9. The van der Waals surface area contributed by atoms with E-state index >= 15 is 0 Å². The summed E-state index contributed by atoms with van der Waals surface area (Å²) in [6.07, 6.45) is 3.28. The minimum absolute atomic E-state index is 0.117. The molecule has 1 fully saturated rings. The highest BCUT2D eigenvalue weighted by Crippen LogP contribution is 2.46. The molecule has 0 radical (unpaired) electrons. The minimum Gasteiger partial charge on any atom is -0.384 e. The molecule has 0 bridgehead atoms. The van der Waals surface area contributed by atoms with Gasteiger partial charge in [0, 0.05) is 30.1 Å². The van der Waals surface area contributed by atoms with Crippen molar-refractivity contribution >= 4 is 29.3 Å². The number of hydrogen-bond donors (Lipinski definition) is 3. The van der Waals surface area contributed by atoms with E-state index in [1.807, 2.05) is 39.8 Å². The fourth-order valence-electron chi connectivity index (χ4n) is 4.46. The zero-order valence-corrected chi connectivity index (χ0v) is 19.8. The fourth-order valence-corrected chi connectivity index (χ4v) is 4.59. The Bertz CT molecular complexity index is 912. The lowest BCUT2D eigenvalue weighted by Gasteiger charge is -2.51. The number of rotatable bonds is 5. The van der Waals surface area contributed by atoms with Crippen molar-refractivity contribution in [3.05, 3.63) is 47.0 Å². The van der Waals surface area contributed by atoms with Crippen molar-refractivity contribution in [2.75, 3.05) is 19.6 Å². The van der Waals surface area contributed by atoms with Gasteiger partial charge in [0.1, 0.15) is 6.04 Å². The summed E-state index contributed by atoms with van der Waals surface area (Å²) in [6.45, 7) is 8.61. The maximum Gasteiger partial charge on any atom is 0.245 e. The monoisotopic (exact) mass is 461 g/mol. The smallest absolute Gasteiger partial charge is 0.245 e. The van der Waals surface area contributed by atoms with Crippen LogP contribution in [0.25, 0.3) is 0 Å². The number of halogens is 1. The lowest BCUT2D eigenvalue weighted by atomic mass is 9.66. The van der Waals surface area contributed by atoms with Crippen LogP contribution in [0.15, 0.2) is 36.4 Å². The number of hydrogen-bond acceptors (Lipinski definition) is 4. The molecule has 0 aliphatic carbocycles. The molecule has 2 aliphatic heterocycles. The van der Waals surface area contributed by atoms with E-state index in [9.17, 15) is 19.5 Å². The summed E-state index contributed by atoms with van der Waals surface area (Å²) in [5, 5.41) is 17.7. The van der Waals surface area contributed by atoms with Crippen LogP contribution in [-0.2, 0) is 20.0 Å². The molecule has 7 nitrogen and oxygen atoms in total. The van der Waals surface area contributed by atoms with Gasteiger partial charge in [-0.3, -0.25) is 14.4 Å². The van der Waals surface area contributed by atoms with Crippen LogP contribution in [0.4, 0.5) is 0 Å². The van der Waals surface area contributed by atoms with Gasteiger partial charge in [-0.25, -0.2) is 0 Å². The third-order valence-corrected chi connectivity index (χ3v) is 6.88. The fraction of sp³-hybridized carbons (Fsp3) is 0.542. The average Bonchev–Trinajstić information content (AvgIpc) is 2.74. The van der Waals surface area contributed by atoms with E-state index in [2.05, 4.69) is 10.6 Å². The number of benzene rings is 1. The Morgan fingerprint density at radius 1 is 1.25 bits per heavy atom. The minimum atomic E-state index is -1.10. The maximum atomic E-state index is 13.4. The summed E-state index contributed by atoms with van der Waals surface area (Å²) in [5.41, 5.74) is -0.939. The van der Waals surface area contributed by atoms with E-state index < -0.39 is 23.0 Å². The molecular formula is C24H32ClN3O4. The SMILES string of the molecule is CC(C)[C@@H](NC(=O)C1C=CC(=O)NC1)C(=O)N1CC[C@](O)(c2ccc(Cl)cc2)C(C)(C)C1. The van der Waals surface area contributed by atoms with Crippen LogP contribution in [-0.4, -0.2) is 53.4 Å². The van der Waals surface area contributed by atoms with Crippen LogP contribution in [0.3, 0.4) is 0 Å². The van der Waals surface area contributed by atoms with Crippen LogP contribution in [0, 0.1) is 17.3 Å². The second-order valence-electron chi connectivity index (χ2n) is 9.70. The van der Waals surface area contributed by atoms with E-state index in [0.717, 1.165) is 5.56 Å². The molecule has 32 heavy (non-hydrogen) atoms. The molecule has 3 atom stereocenters. The second kappa shape index (κ2) is 9.24. The van der Waals surface area contributed by atoms with Gasteiger partial charge in [-0.15, -0.1) is 0 Å². The number of carbonyl (C=O) groups is 3. The molecule has 0 spiro atoms. The topological polar surface area (TPSA) is 98.7 Å². The maximum absolute atomic E-state index is 13.4.